The summed E-state index contributed by atoms with van der Waals surface area (Å²) in [6, 6.07) is 4.14. The number of ether oxygens (including phenoxy) is 1. The summed E-state index contributed by atoms with van der Waals surface area (Å²) in [5.41, 5.74) is 7.44. The second-order valence-electron chi connectivity index (χ2n) is 9.60. The van der Waals surface area contributed by atoms with Gasteiger partial charge >= 0.3 is 0 Å². The molecule has 1 saturated carbocycles. The lowest BCUT2D eigenvalue weighted by Gasteiger charge is -2.15. The lowest BCUT2D eigenvalue weighted by molar-refractivity contribution is 0.232. The molecule has 2 aromatic heterocycles. The van der Waals surface area contributed by atoms with Crippen molar-refractivity contribution in [3.63, 3.8) is 0 Å². The van der Waals surface area contributed by atoms with Gasteiger partial charge in [0, 0.05) is 24.7 Å². The Hall–Kier alpha value is -2.72. The van der Waals surface area contributed by atoms with Crippen molar-refractivity contribution in [2.24, 2.45) is 10.9 Å². The molecule has 0 radical (unpaired) electrons. The van der Waals surface area contributed by atoms with Gasteiger partial charge in [-0.15, -0.1) is 0 Å². The summed E-state index contributed by atoms with van der Waals surface area (Å²) in [5.74, 6) is 3.99. The largest absolute Gasteiger partial charge is 0.476 e. The van der Waals surface area contributed by atoms with Crippen molar-refractivity contribution in [3.8, 4) is 5.88 Å². The smallest absolute Gasteiger partial charge is 0.228 e. The highest BCUT2D eigenvalue weighted by molar-refractivity contribution is 5.81. The second kappa shape index (κ2) is 11.6. The van der Waals surface area contributed by atoms with Crippen LogP contribution in [0.3, 0.4) is 0 Å². The first-order chi connectivity index (χ1) is 16.5. The maximum Gasteiger partial charge on any atom is 0.228 e. The van der Waals surface area contributed by atoms with Crippen LogP contribution in [0.1, 0.15) is 70.8 Å². The van der Waals surface area contributed by atoms with Gasteiger partial charge in [-0.25, -0.2) is 10.4 Å². The Morgan fingerprint density at radius 1 is 1.21 bits per heavy atom. The molecule has 10 heteroatoms. The van der Waals surface area contributed by atoms with Crippen LogP contribution in [0.15, 0.2) is 21.6 Å². The Balaban J connectivity index is 1.41. The molecule has 1 atom stereocenters. The van der Waals surface area contributed by atoms with Gasteiger partial charge in [-0.2, -0.15) is 9.97 Å². The van der Waals surface area contributed by atoms with Crippen molar-refractivity contribution in [2.45, 2.75) is 71.9 Å². The van der Waals surface area contributed by atoms with E-state index in [0.29, 0.717) is 42.8 Å². The van der Waals surface area contributed by atoms with Crippen LogP contribution in [0.5, 0.6) is 5.88 Å². The van der Waals surface area contributed by atoms with E-state index in [0.717, 1.165) is 42.8 Å². The predicted molar refractivity (Wildman–Crippen MR) is 132 cm³/mol. The average Bonchev–Trinajstić information content (AvgIpc) is 3.32. The van der Waals surface area contributed by atoms with Gasteiger partial charge in [0.1, 0.15) is 12.4 Å². The number of nitrogens with one attached hydrogen (secondary N) is 3. The summed E-state index contributed by atoms with van der Waals surface area (Å²) in [4.78, 5) is 16.1. The first-order valence-electron chi connectivity index (χ1n) is 12.5. The molecule has 1 saturated heterocycles. The molecule has 0 aromatic carbocycles. The van der Waals surface area contributed by atoms with Gasteiger partial charge in [-0.3, -0.25) is 4.90 Å². The lowest BCUT2D eigenvalue weighted by Crippen LogP contribution is -2.42. The van der Waals surface area contributed by atoms with Crippen molar-refractivity contribution in [3.05, 3.63) is 23.6 Å². The molecule has 1 unspecified atom stereocenters. The SMILES string of the molecule is C/C(=N\c1cc(OCCN2CCCC2)nc(NCc2cc(C(C)C)no2)n1)NNC(C)C1CC1. The van der Waals surface area contributed by atoms with Gasteiger partial charge in [0.2, 0.25) is 11.8 Å². The molecule has 2 fully saturated rings. The standard InChI is InChI=1S/C24H38N8O2/c1-16(2)21-13-20(34-31-21)15-25-24-27-22(26-18(4)30-29-17(3)19-7-8-19)14-23(28-24)33-12-11-32-9-5-6-10-32/h13-14,16-17,19,29H,5-12,15H2,1-4H3,(H2,25,26,27,28,30). The molecule has 4 rings (SSSR count). The van der Waals surface area contributed by atoms with Crippen molar-refractivity contribution in [2.75, 3.05) is 31.6 Å². The van der Waals surface area contributed by atoms with Gasteiger partial charge in [0.25, 0.3) is 0 Å². The fourth-order valence-electron chi connectivity index (χ4n) is 3.89. The average molecular weight is 471 g/mol. The van der Waals surface area contributed by atoms with Gasteiger partial charge in [0.05, 0.1) is 12.2 Å². The van der Waals surface area contributed by atoms with Crippen LogP contribution in [-0.2, 0) is 6.54 Å². The fourth-order valence-corrected chi connectivity index (χ4v) is 3.89. The number of hydrogen-bond donors (Lipinski definition) is 3. The Morgan fingerprint density at radius 3 is 2.71 bits per heavy atom. The van der Waals surface area contributed by atoms with Gasteiger partial charge in [-0.1, -0.05) is 19.0 Å². The molecule has 10 nitrogen and oxygen atoms in total. The van der Waals surface area contributed by atoms with Crippen molar-refractivity contribution < 1.29 is 9.26 Å². The molecular weight excluding hydrogens is 432 g/mol. The Kier molecular flexibility index (Phi) is 8.34. The monoisotopic (exact) mass is 470 g/mol. The van der Waals surface area contributed by atoms with E-state index in [1.54, 1.807) is 6.07 Å². The minimum absolute atomic E-state index is 0.314. The van der Waals surface area contributed by atoms with Crippen molar-refractivity contribution >= 4 is 17.6 Å². The van der Waals surface area contributed by atoms with Crippen LogP contribution in [0.4, 0.5) is 11.8 Å². The third-order valence-corrected chi connectivity index (χ3v) is 6.23. The Bertz CT molecular complexity index is 950. The maximum atomic E-state index is 5.98. The zero-order chi connectivity index (χ0) is 23.9. The molecule has 2 aliphatic rings. The van der Waals surface area contributed by atoms with Crippen LogP contribution in [0.2, 0.25) is 0 Å². The van der Waals surface area contributed by atoms with E-state index in [1.807, 2.05) is 13.0 Å². The summed E-state index contributed by atoms with van der Waals surface area (Å²) in [6.45, 7) is 12.5. The zero-order valence-electron chi connectivity index (χ0n) is 20.8. The summed E-state index contributed by atoms with van der Waals surface area (Å²) in [7, 11) is 0. The number of aromatic nitrogens is 3. The summed E-state index contributed by atoms with van der Waals surface area (Å²) in [6.07, 6.45) is 5.10. The third-order valence-electron chi connectivity index (χ3n) is 6.23. The Morgan fingerprint density at radius 2 is 2.00 bits per heavy atom. The molecule has 3 N–H and O–H groups in total. The summed E-state index contributed by atoms with van der Waals surface area (Å²) >= 11 is 0. The highest BCUT2D eigenvalue weighted by atomic mass is 16.5. The topological polar surface area (TPSA) is 113 Å². The highest BCUT2D eigenvalue weighted by Gasteiger charge is 2.27. The summed E-state index contributed by atoms with van der Waals surface area (Å²) in [5, 5.41) is 7.33. The van der Waals surface area contributed by atoms with Crippen LogP contribution >= 0.6 is 0 Å². The molecule has 0 spiro atoms. The van der Waals surface area contributed by atoms with E-state index >= 15 is 0 Å². The fraction of sp³-hybridized carbons (Fsp3) is 0.667. The maximum absolute atomic E-state index is 5.98. The summed E-state index contributed by atoms with van der Waals surface area (Å²) < 4.78 is 11.4. The first kappa shape index (κ1) is 24.4. The Labute approximate surface area is 201 Å². The van der Waals surface area contributed by atoms with Gasteiger partial charge in [-0.05, 0) is 64.5 Å². The number of hydrogen-bond acceptors (Lipinski definition) is 9. The van der Waals surface area contributed by atoms with Crippen molar-refractivity contribution in [1.82, 2.24) is 30.9 Å². The predicted octanol–water partition coefficient (Wildman–Crippen LogP) is 3.62. The molecule has 1 aliphatic heterocycles. The highest BCUT2D eigenvalue weighted by Crippen LogP contribution is 2.32. The number of aliphatic imine (C=N–C) groups is 1. The van der Waals surface area contributed by atoms with Crippen LogP contribution in [-0.4, -0.2) is 58.1 Å². The number of rotatable bonds is 12. The number of anilines is 1. The normalized spacial score (nSPS) is 17.9. The van der Waals surface area contributed by atoms with E-state index in [1.165, 1.54) is 25.7 Å². The quantitative estimate of drug-likeness (QED) is 0.243. The molecule has 0 bridgehead atoms. The minimum Gasteiger partial charge on any atom is -0.476 e. The molecule has 34 heavy (non-hydrogen) atoms. The van der Waals surface area contributed by atoms with E-state index in [2.05, 4.69) is 62.0 Å². The molecule has 3 heterocycles. The van der Waals surface area contributed by atoms with E-state index in [4.69, 9.17) is 9.26 Å². The van der Waals surface area contributed by atoms with Crippen LogP contribution in [0, 0.1) is 5.92 Å². The van der Waals surface area contributed by atoms with E-state index in [-0.39, 0.29) is 0 Å². The minimum atomic E-state index is 0.314. The molecule has 186 valence electrons. The first-order valence-corrected chi connectivity index (χ1v) is 12.5. The number of nitrogens with zero attached hydrogens (tertiary/aromatic N) is 5. The van der Waals surface area contributed by atoms with Gasteiger partial charge in [0.15, 0.2) is 11.6 Å². The number of hydrazine groups is 1. The molecule has 0 amide bonds. The molecular formula is C24H38N8O2. The van der Waals surface area contributed by atoms with Crippen LogP contribution < -0.4 is 20.9 Å². The van der Waals surface area contributed by atoms with Crippen molar-refractivity contribution in [1.29, 1.82) is 0 Å². The second-order valence-corrected chi connectivity index (χ2v) is 9.60. The van der Waals surface area contributed by atoms with E-state index < -0.39 is 0 Å². The van der Waals surface area contributed by atoms with Gasteiger partial charge < -0.3 is 20.0 Å². The molecule has 1 aliphatic carbocycles. The van der Waals surface area contributed by atoms with Crippen LogP contribution in [0.25, 0.3) is 0 Å². The third kappa shape index (κ3) is 7.39. The lowest BCUT2D eigenvalue weighted by atomic mass is 10.1. The number of likely N-dealkylation sites (tertiary alicyclic amines) is 1. The zero-order valence-corrected chi connectivity index (χ0v) is 20.8. The van der Waals surface area contributed by atoms with E-state index in [9.17, 15) is 0 Å². The number of amidine groups is 1. The molecule has 2 aromatic rings.